The topological polar surface area (TPSA) is 93.7 Å². The lowest BCUT2D eigenvalue weighted by molar-refractivity contribution is -0.147. The fourth-order valence-electron chi connectivity index (χ4n) is 1.98. The van der Waals surface area contributed by atoms with Crippen molar-refractivity contribution in [2.75, 3.05) is 13.2 Å². The number of esters is 1. The number of hydrogen-bond donors (Lipinski definition) is 2. The number of hydrogen-bond acceptors (Lipinski definition) is 5. The summed E-state index contributed by atoms with van der Waals surface area (Å²) in [5, 5.41) is 5.01. The number of carbonyl (C=O) groups excluding carboxylic acids is 3. The molecule has 0 heterocycles. The number of nitrogens with one attached hydrogen (secondary N) is 2. The number of carbonyl (C=O) groups is 3. The molecule has 0 aliphatic carbocycles. The first-order valence-corrected chi connectivity index (χ1v) is 8.35. The molecule has 0 spiro atoms. The van der Waals surface area contributed by atoms with E-state index in [1.165, 1.54) is 19.4 Å². The van der Waals surface area contributed by atoms with Crippen LogP contribution in [0.25, 0.3) is 0 Å². The summed E-state index contributed by atoms with van der Waals surface area (Å²) < 4.78 is 10.2. The average Bonchev–Trinajstić information content (AvgIpc) is 2.60. The van der Waals surface area contributed by atoms with Gasteiger partial charge in [0.05, 0.1) is 6.61 Å². The molecule has 2 amide bonds. The van der Waals surface area contributed by atoms with Crippen LogP contribution in [-0.4, -0.2) is 43.1 Å². The van der Waals surface area contributed by atoms with Crippen LogP contribution in [0.3, 0.4) is 0 Å². The molecule has 0 fully saturated rings. The van der Waals surface area contributed by atoms with Gasteiger partial charge in [0, 0.05) is 0 Å². The molecule has 138 valence electrons. The summed E-state index contributed by atoms with van der Waals surface area (Å²) in [4.78, 5) is 35.3. The molecule has 1 aromatic rings. The first-order valence-electron chi connectivity index (χ1n) is 8.35. The third kappa shape index (κ3) is 7.24. The molecule has 1 rings (SSSR count). The number of rotatable bonds is 9. The summed E-state index contributed by atoms with van der Waals surface area (Å²) in [6.45, 7) is 6.83. The Bertz CT molecular complexity index is 586. The van der Waals surface area contributed by atoms with Crippen LogP contribution in [0.5, 0.6) is 5.75 Å². The normalized spacial score (nSPS) is 12.6. The van der Waals surface area contributed by atoms with Gasteiger partial charge < -0.3 is 20.1 Å². The Morgan fingerprint density at radius 2 is 1.64 bits per heavy atom. The van der Waals surface area contributed by atoms with Crippen molar-refractivity contribution >= 4 is 17.8 Å². The van der Waals surface area contributed by atoms with Crippen molar-refractivity contribution in [1.82, 2.24) is 10.6 Å². The van der Waals surface area contributed by atoms with Gasteiger partial charge in [-0.05, 0) is 44.9 Å². The fraction of sp³-hybridized carbons (Fsp3) is 0.500. The predicted octanol–water partition coefficient (Wildman–Crippen LogP) is 1.20. The smallest absolute Gasteiger partial charge is 0.328 e. The van der Waals surface area contributed by atoms with Crippen LogP contribution in [0, 0.1) is 0 Å². The lowest BCUT2D eigenvalue weighted by Crippen LogP contribution is -2.50. The summed E-state index contributed by atoms with van der Waals surface area (Å²) in [5.74, 6) is -0.833. The van der Waals surface area contributed by atoms with Crippen molar-refractivity contribution in [2.45, 2.75) is 46.2 Å². The Labute approximate surface area is 148 Å². The number of aryl methyl sites for hydroxylation is 1. The van der Waals surface area contributed by atoms with Crippen LogP contribution >= 0.6 is 0 Å². The average molecular weight is 350 g/mol. The highest BCUT2D eigenvalue weighted by atomic mass is 16.5. The van der Waals surface area contributed by atoms with Crippen LogP contribution in [-0.2, 0) is 25.5 Å². The Morgan fingerprint density at radius 1 is 1.00 bits per heavy atom. The largest absolute Gasteiger partial charge is 0.484 e. The molecule has 7 nitrogen and oxygen atoms in total. The second-order valence-electron chi connectivity index (χ2n) is 5.56. The Morgan fingerprint density at radius 3 is 2.20 bits per heavy atom. The first-order chi connectivity index (χ1) is 11.9. The number of ether oxygens (including phenoxy) is 2. The molecule has 0 saturated carbocycles. The maximum Gasteiger partial charge on any atom is 0.328 e. The van der Waals surface area contributed by atoms with Gasteiger partial charge in [-0.1, -0.05) is 19.1 Å². The van der Waals surface area contributed by atoms with E-state index in [0.29, 0.717) is 5.75 Å². The maximum absolute atomic E-state index is 12.0. The second kappa shape index (κ2) is 10.3. The Kier molecular flexibility index (Phi) is 8.46. The Hall–Kier alpha value is -2.57. The van der Waals surface area contributed by atoms with Gasteiger partial charge in [0.2, 0.25) is 5.91 Å². The maximum atomic E-state index is 12.0. The predicted molar refractivity (Wildman–Crippen MR) is 93.2 cm³/mol. The van der Waals surface area contributed by atoms with Gasteiger partial charge >= 0.3 is 5.97 Å². The van der Waals surface area contributed by atoms with Gasteiger partial charge in [-0.2, -0.15) is 0 Å². The molecule has 0 aromatic heterocycles. The highest BCUT2D eigenvalue weighted by Crippen LogP contribution is 2.12. The summed E-state index contributed by atoms with van der Waals surface area (Å²) in [6.07, 6.45) is 0.928. The summed E-state index contributed by atoms with van der Waals surface area (Å²) in [5.41, 5.74) is 1.18. The van der Waals surface area contributed by atoms with Crippen molar-refractivity contribution in [3.8, 4) is 5.75 Å². The quantitative estimate of drug-likeness (QED) is 0.653. The van der Waals surface area contributed by atoms with Gasteiger partial charge in [-0.25, -0.2) is 4.79 Å². The van der Waals surface area contributed by atoms with E-state index in [1.807, 2.05) is 12.1 Å². The van der Waals surface area contributed by atoms with Crippen molar-refractivity contribution < 1.29 is 23.9 Å². The molecule has 1 aromatic carbocycles. The van der Waals surface area contributed by atoms with Gasteiger partial charge in [-0.15, -0.1) is 0 Å². The first kappa shape index (κ1) is 20.5. The molecule has 25 heavy (non-hydrogen) atoms. The van der Waals surface area contributed by atoms with Crippen molar-refractivity contribution in [2.24, 2.45) is 0 Å². The van der Waals surface area contributed by atoms with Crippen molar-refractivity contribution in [3.05, 3.63) is 29.8 Å². The van der Waals surface area contributed by atoms with Crippen LogP contribution in [0.4, 0.5) is 0 Å². The van der Waals surface area contributed by atoms with E-state index in [9.17, 15) is 14.4 Å². The molecular weight excluding hydrogens is 324 g/mol. The van der Waals surface area contributed by atoms with E-state index in [4.69, 9.17) is 9.47 Å². The minimum Gasteiger partial charge on any atom is -0.484 e. The summed E-state index contributed by atoms with van der Waals surface area (Å²) in [7, 11) is 0. The summed E-state index contributed by atoms with van der Waals surface area (Å²) >= 11 is 0. The SMILES string of the molecule is CCOC(=O)[C@@H](C)NC(=O)[C@@H](C)NC(=O)COc1ccc(CC)cc1. The lowest BCUT2D eigenvalue weighted by Gasteiger charge is -2.17. The molecule has 2 N–H and O–H groups in total. The zero-order chi connectivity index (χ0) is 18.8. The van der Waals surface area contributed by atoms with E-state index >= 15 is 0 Å². The van der Waals surface area contributed by atoms with Crippen molar-refractivity contribution in [1.29, 1.82) is 0 Å². The van der Waals surface area contributed by atoms with Crippen LogP contribution in [0.2, 0.25) is 0 Å². The molecule has 0 radical (unpaired) electrons. The molecule has 0 aliphatic rings. The third-order valence-electron chi connectivity index (χ3n) is 3.47. The molecule has 0 unspecified atom stereocenters. The lowest BCUT2D eigenvalue weighted by atomic mass is 10.2. The zero-order valence-electron chi connectivity index (χ0n) is 15.1. The minimum absolute atomic E-state index is 0.198. The second-order valence-corrected chi connectivity index (χ2v) is 5.56. The van der Waals surface area contributed by atoms with Gasteiger partial charge in [0.15, 0.2) is 6.61 Å². The molecule has 7 heteroatoms. The molecule has 2 atom stereocenters. The summed E-state index contributed by atoms with van der Waals surface area (Å²) in [6, 6.07) is 5.88. The van der Waals surface area contributed by atoms with Crippen LogP contribution in [0.1, 0.15) is 33.3 Å². The standard InChI is InChI=1S/C18H26N2O5/c1-5-14-7-9-15(10-8-14)25-11-16(21)19-12(3)17(22)20-13(4)18(23)24-6-2/h7-10,12-13H,5-6,11H2,1-4H3,(H,19,21)(H,20,22)/t12-,13-/m1/s1. The monoisotopic (exact) mass is 350 g/mol. The molecular formula is C18H26N2O5. The van der Waals surface area contributed by atoms with Crippen molar-refractivity contribution in [3.63, 3.8) is 0 Å². The number of benzene rings is 1. The zero-order valence-corrected chi connectivity index (χ0v) is 15.1. The van der Waals surface area contributed by atoms with E-state index in [2.05, 4.69) is 17.6 Å². The van der Waals surface area contributed by atoms with E-state index in [-0.39, 0.29) is 13.2 Å². The van der Waals surface area contributed by atoms with E-state index in [1.54, 1.807) is 19.1 Å². The molecule has 0 bridgehead atoms. The molecule has 0 saturated heterocycles. The highest BCUT2D eigenvalue weighted by molar-refractivity contribution is 5.90. The highest BCUT2D eigenvalue weighted by Gasteiger charge is 2.21. The fourth-order valence-corrected chi connectivity index (χ4v) is 1.98. The van der Waals surface area contributed by atoms with Gasteiger partial charge in [0.25, 0.3) is 5.91 Å². The van der Waals surface area contributed by atoms with E-state index in [0.717, 1.165) is 6.42 Å². The third-order valence-corrected chi connectivity index (χ3v) is 3.47. The molecule has 0 aliphatic heterocycles. The van der Waals surface area contributed by atoms with Gasteiger partial charge in [0.1, 0.15) is 17.8 Å². The Balaban J connectivity index is 2.39. The van der Waals surface area contributed by atoms with Crippen LogP contribution < -0.4 is 15.4 Å². The number of amides is 2. The van der Waals surface area contributed by atoms with E-state index < -0.39 is 29.9 Å². The van der Waals surface area contributed by atoms with Gasteiger partial charge in [-0.3, -0.25) is 9.59 Å². The van der Waals surface area contributed by atoms with Crippen LogP contribution in [0.15, 0.2) is 24.3 Å². The minimum atomic E-state index is -0.796.